The Morgan fingerprint density at radius 2 is 1.93 bits per heavy atom. The van der Waals surface area contributed by atoms with Crippen molar-refractivity contribution >= 4 is 17.3 Å². The van der Waals surface area contributed by atoms with Crippen LogP contribution in [0.4, 0.5) is 5.69 Å². The van der Waals surface area contributed by atoms with Crippen LogP contribution in [0.2, 0.25) is 5.02 Å². The van der Waals surface area contributed by atoms with Crippen LogP contribution in [0.1, 0.15) is 55.0 Å². The largest absolute Gasteiger partial charge is 0.374 e. The molecule has 1 aromatic carbocycles. The Morgan fingerprint density at radius 3 is 2.75 bits per heavy atom. The van der Waals surface area contributed by atoms with Gasteiger partial charge in [0.15, 0.2) is 0 Å². The second-order valence-corrected chi connectivity index (χ2v) is 8.41. The number of pyridine rings is 1. The van der Waals surface area contributed by atoms with Crippen molar-refractivity contribution in [2.45, 2.75) is 57.0 Å². The Balaban J connectivity index is 1.57. The maximum Gasteiger partial charge on any atom is 0.0810 e. The van der Waals surface area contributed by atoms with E-state index in [-0.39, 0.29) is 6.04 Å². The number of hydrogen-bond donors (Lipinski definition) is 3. The summed E-state index contributed by atoms with van der Waals surface area (Å²) in [6.07, 6.45) is 10.5. The van der Waals surface area contributed by atoms with E-state index in [1.54, 1.807) is 0 Å². The summed E-state index contributed by atoms with van der Waals surface area (Å²) in [6, 6.07) is 11.1. The summed E-state index contributed by atoms with van der Waals surface area (Å²) in [5, 5.41) is 11.9. The quantitative estimate of drug-likeness (QED) is 0.670. The van der Waals surface area contributed by atoms with E-state index in [0.29, 0.717) is 6.04 Å². The molecule has 1 fully saturated rings. The number of halogens is 1. The van der Waals surface area contributed by atoms with Gasteiger partial charge in [0.05, 0.1) is 22.4 Å². The molecule has 0 bridgehead atoms. The number of fused-ring (bicyclic) bond motifs is 1. The topological polar surface area (TPSA) is 49.0 Å². The molecular formula is C23H31ClN4. The highest BCUT2D eigenvalue weighted by molar-refractivity contribution is 6.33. The van der Waals surface area contributed by atoms with E-state index in [1.165, 1.54) is 43.2 Å². The van der Waals surface area contributed by atoms with Gasteiger partial charge in [-0.3, -0.25) is 4.98 Å². The molecule has 28 heavy (non-hydrogen) atoms. The fourth-order valence-electron chi connectivity index (χ4n) is 4.48. The molecule has 1 atom stereocenters. The van der Waals surface area contributed by atoms with Gasteiger partial charge in [0.1, 0.15) is 0 Å². The van der Waals surface area contributed by atoms with E-state index in [0.717, 1.165) is 48.9 Å². The second-order valence-electron chi connectivity index (χ2n) is 8.00. The van der Waals surface area contributed by atoms with Crippen LogP contribution in [0.5, 0.6) is 0 Å². The maximum atomic E-state index is 6.67. The Labute approximate surface area is 173 Å². The van der Waals surface area contributed by atoms with Crippen LogP contribution in [-0.2, 0) is 12.8 Å². The first-order valence-electron chi connectivity index (χ1n) is 10.7. The van der Waals surface area contributed by atoms with Gasteiger partial charge >= 0.3 is 0 Å². The molecule has 2 heterocycles. The van der Waals surface area contributed by atoms with Crippen molar-refractivity contribution in [1.29, 1.82) is 0 Å². The third-order valence-corrected chi connectivity index (χ3v) is 6.38. The van der Waals surface area contributed by atoms with Crippen molar-refractivity contribution in [3.63, 3.8) is 0 Å². The molecule has 1 aromatic heterocycles. The Bertz CT molecular complexity index is 759. The van der Waals surface area contributed by atoms with Crippen molar-refractivity contribution in [2.24, 2.45) is 0 Å². The van der Waals surface area contributed by atoms with Gasteiger partial charge in [-0.05, 0) is 68.1 Å². The summed E-state index contributed by atoms with van der Waals surface area (Å²) in [6.45, 7) is 2.89. The molecule has 1 aliphatic carbocycles. The van der Waals surface area contributed by atoms with E-state index < -0.39 is 0 Å². The number of benzene rings is 1. The molecule has 0 spiro atoms. The zero-order chi connectivity index (χ0) is 19.2. The third kappa shape index (κ3) is 4.86. The van der Waals surface area contributed by atoms with Gasteiger partial charge in [0, 0.05) is 18.8 Å². The number of nitrogens with one attached hydrogen (secondary N) is 3. The van der Waals surface area contributed by atoms with Crippen LogP contribution >= 0.6 is 11.6 Å². The summed E-state index contributed by atoms with van der Waals surface area (Å²) >= 11 is 6.67. The number of anilines is 1. The number of rotatable bonds is 6. The minimum atomic E-state index is 0.100. The first-order chi connectivity index (χ1) is 13.8. The van der Waals surface area contributed by atoms with E-state index in [2.05, 4.69) is 39.1 Å². The standard InChI is InChI=1S/C23H31ClN4/c24-20-10-9-17-11-14-25-15-12-19(17)23(20)28-22(21-8-4-5-13-26-21)16-27-18-6-2-1-3-7-18/h4-5,8-10,13,18,22,25,27-28H,1-3,6-7,11-12,14-16H2. The van der Waals surface area contributed by atoms with Crippen LogP contribution in [0.3, 0.4) is 0 Å². The summed E-state index contributed by atoms with van der Waals surface area (Å²) in [7, 11) is 0. The molecule has 5 heteroatoms. The highest BCUT2D eigenvalue weighted by atomic mass is 35.5. The van der Waals surface area contributed by atoms with Gasteiger partial charge in [-0.1, -0.05) is 43.0 Å². The average Bonchev–Trinajstić information content (AvgIpc) is 2.99. The maximum absolute atomic E-state index is 6.67. The molecule has 4 nitrogen and oxygen atoms in total. The highest BCUT2D eigenvalue weighted by Crippen LogP contribution is 2.33. The van der Waals surface area contributed by atoms with Gasteiger partial charge in [0.2, 0.25) is 0 Å². The zero-order valence-corrected chi connectivity index (χ0v) is 17.3. The smallest absolute Gasteiger partial charge is 0.0810 e. The minimum Gasteiger partial charge on any atom is -0.374 e. The van der Waals surface area contributed by atoms with Gasteiger partial charge in [-0.15, -0.1) is 0 Å². The van der Waals surface area contributed by atoms with Gasteiger partial charge in [-0.25, -0.2) is 0 Å². The molecule has 2 aliphatic rings. The van der Waals surface area contributed by atoms with Gasteiger partial charge < -0.3 is 16.0 Å². The lowest BCUT2D eigenvalue weighted by atomic mass is 9.95. The monoisotopic (exact) mass is 398 g/mol. The highest BCUT2D eigenvalue weighted by Gasteiger charge is 2.21. The molecule has 150 valence electrons. The minimum absolute atomic E-state index is 0.100. The molecule has 3 N–H and O–H groups in total. The Kier molecular flexibility index (Phi) is 6.84. The summed E-state index contributed by atoms with van der Waals surface area (Å²) < 4.78 is 0. The van der Waals surface area contributed by atoms with Crippen LogP contribution in [0, 0.1) is 0 Å². The van der Waals surface area contributed by atoms with Crippen LogP contribution < -0.4 is 16.0 Å². The lowest BCUT2D eigenvalue weighted by Gasteiger charge is -2.28. The van der Waals surface area contributed by atoms with Gasteiger partial charge in [-0.2, -0.15) is 0 Å². The molecule has 4 rings (SSSR count). The van der Waals surface area contributed by atoms with Crippen molar-refractivity contribution < 1.29 is 0 Å². The first kappa shape index (κ1) is 19.7. The van der Waals surface area contributed by atoms with Crippen LogP contribution in [0.25, 0.3) is 0 Å². The predicted molar refractivity (Wildman–Crippen MR) is 117 cm³/mol. The van der Waals surface area contributed by atoms with Gasteiger partial charge in [0.25, 0.3) is 0 Å². The lowest BCUT2D eigenvalue weighted by molar-refractivity contribution is 0.368. The fourth-order valence-corrected chi connectivity index (χ4v) is 4.71. The Morgan fingerprint density at radius 1 is 1.07 bits per heavy atom. The van der Waals surface area contributed by atoms with Crippen molar-refractivity contribution in [3.8, 4) is 0 Å². The van der Waals surface area contributed by atoms with E-state index in [4.69, 9.17) is 11.6 Å². The number of aromatic nitrogens is 1. The van der Waals surface area contributed by atoms with Crippen LogP contribution in [0.15, 0.2) is 36.5 Å². The first-order valence-corrected chi connectivity index (χ1v) is 11.1. The van der Waals surface area contributed by atoms with E-state index in [9.17, 15) is 0 Å². The molecule has 0 amide bonds. The fraction of sp³-hybridized carbons (Fsp3) is 0.522. The zero-order valence-electron chi connectivity index (χ0n) is 16.5. The van der Waals surface area contributed by atoms with Crippen molar-refractivity contribution in [1.82, 2.24) is 15.6 Å². The number of hydrogen-bond acceptors (Lipinski definition) is 4. The molecule has 1 aliphatic heterocycles. The second kappa shape index (κ2) is 9.73. The molecule has 2 aromatic rings. The average molecular weight is 399 g/mol. The lowest BCUT2D eigenvalue weighted by Crippen LogP contribution is -2.36. The molecular weight excluding hydrogens is 368 g/mol. The van der Waals surface area contributed by atoms with E-state index in [1.807, 2.05) is 18.3 Å². The normalized spacial score (nSPS) is 18.9. The van der Waals surface area contributed by atoms with Crippen molar-refractivity contribution in [2.75, 3.05) is 25.0 Å². The number of nitrogens with zero attached hydrogens (tertiary/aromatic N) is 1. The summed E-state index contributed by atoms with van der Waals surface area (Å²) in [5.74, 6) is 0. The van der Waals surface area contributed by atoms with Crippen LogP contribution in [-0.4, -0.2) is 30.7 Å². The summed E-state index contributed by atoms with van der Waals surface area (Å²) in [5.41, 5.74) is 4.91. The predicted octanol–water partition coefficient (Wildman–Crippen LogP) is 4.50. The summed E-state index contributed by atoms with van der Waals surface area (Å²) in [4.78, 5) is 4.64. The third-order valence-electron chi connectivity index (χ3n) is 6.06. The SMILES string of the molecule is Clc1ccc2c(c1NC(CNC1CCCCC1)c1ccccn1)CCNCC2. The molecule has 0 saturated heterocycles. The molecule has 1 unspecified atom stereocenters. The van der Waals surface area contributed by atoms with E-state index >= 15 is 0 Å². The molecule has 0 radical (unpaired) electrons. The Hall–Kier alpha value is -1.62. The molecule has 1 saturated carbocycles. The van der Waals surface area contributed by atoms with Crippen molar-refractivity contribution in [3.05, 3.63) is 58.4 Å².